The van der Waals surface area contributed by atoms with Crippen molar-refractivity contribution in [2.75, 3.05) is 5.32 Å². The molecule has 0 unspecified atom stereocenters. The Labute approximate surface area is 165 Å². The first-order valence-corrected chi connectivity index (χ1v) is 9.03. The van der Waals surface area contributed by atoms with Crippen LogP contribution in [0.3, 0.4) is 0 Å². The second-order valence-electron chi connectivity index (χ2n) is 6.27. The molecule has 0 aliphatic rings. The molecule has 0 spiro atoms. The van der Waals surface area contributed by atoms with E-state index in [-0.39, 0.29) is 5.56 Å². The third-order valence-corrected chi connectivity index (χ3v) is 5.35. The van der Waals surface area contributed by atoms with Gasteiger partial charge in [0.25, 0.3) is 5.56 Å². The van der Waals surface area contributed by atoms with Gasteiger partial charge < -0.3 is 14.9 Å². The summed E-state index contributed by atoms with van der Waals surface area (Å²) in [6.45, 7) is 5.72. The van der Waals surface area contributed by atoms with Crippen molar-refractivity contribution in [2.45, 2.75) is 6.92 Å². The molecule has 136 valence electrons. The Kier molecular flexibility index (Phi) is 4.21. The van der Waals surface area contributed by atoms with Crippen LogP contribution in [0.25, 0.3) is 27.9 Å². The van der Waals surface area contributed by atoms with Crippen LogP contribution in [0.1, 0.15) is 11.3 Å². The number of fused-ring (bicyclic) bond motifs is 3. The molecule has 2 N–H and O–H groups in total. The van der Waals surface area contributed by atoms with Crippen LogP contribution in [0.4, 0.5) is 11.6 Å². The zero-order valence-corrected chi connectivity index (χ0v) is 16.2. The molecule has 0 saturated carbocycles. The van der Waals surface area contributed by atoms with Gasteiger partial charge in [-0.3, -0.25) is 4.79 Å². The number of benzene rings is 2. The van der Waals surface area contributed by atoms with Gasteiger partial charge in [-0.1, -0.05) is 41.9 Å². The second kappa shape index (κ2) is 6.44. The van der Waals surface area contributed by atoms with E-state index in [1.165, 1.54) is 0 Å². The van der Waals surface area contributed by atoms with Crippen molar-refractivity contribution in [1.29, 1.82) is 0 Å². The molecule has 0 radical (unpaired) electrons. The quantitative estimate of drug-likeness (QED) is 0.484. The molecule has 0 amide bonds. The van der Waals surface area contributed by atoms with Crippen LogP contribution in [-0.2, 0) is 7.05 Å². The predicted molar refractivity (Wildman–Crippen MR) is 113 cm³/mol. The summed E-state index contributed by atoms with van der Waals surface area (Å²) in [6, 6.07) is 9.08. The zero-order valence-electron chi connectivity index (χ0n) is 14.7. The number of hydrogen-bond donors (Lipinski definition) is 2. The van der Waals surface area contributed by atoms with E-state index in [1.807, 2.05) is 30.7 Å². The van der Waals surface area contributed by atoms with Crippen molar-refractivity contribution in [2.24, 2.45) is 7.05 Å². The molecular formula is C20H16Cl2N4O. The van der Waals surface area contributed by atoms with E-state index < -0.39 is 0 Å². The lowest BCUT2D eigenvalue weighted by Gasteiger charge is -2.10. The fourth-order valence-electron chi connectivity index (χ4n) is 3.32. The van der Waals surface area contributed by atoms with E-state index in [2.05, 4.69) is 21.9 Å². The fourth-order valence-corrected chi connectivity index (χ4v) is 3.81. The highest BCUT2D eigenvalue weighted by Crippen LogP contribution is 2.34. The first-order valence-electron chi connectivity index (χ1n) is 8.28. The molecule has 27 heavy (non-hydrogen) atoms. The van der Waals surface area contributed by atoms with Gasteiger partial charge in [-0.15, -0.1) is 0 Å². The van der Waals surface area contributed by atoms with Gasteiger partial charge in [0, 0.05) is 12.7 Å². The molecule has 2 aromatic carbocycles. The molecule has 2 heterocycles. The summed E-state index contributed by atoms with van der Waals surface area (Å²) in [6.07, 6.45) is 1.65. The fraction of sp³-hybridized carbons (Fsp3) is 0.100. The first-order chi connectivity index (χ1) is 12.9. The number of nitrogens with zero attached hydrogens (tertiary/aromatic N) is 2. The van der Waals surface area contributed by atoms with Crippen LogP contribution >= 0.6 is 23.2 Å². The summed E-state index contributed by atoms with van der Waals surface area (Å²) in [4.78, 5) is 20.2. The molecule has 0 atom stereocenters. The van der Waals surface area contributed by atoms with Crippen molar-refractivity contribution in [3.8, 4) is 0 Å². The number of aromatic amines is 1. The Morgan fingerprint density at radius 1 is 1.22 bits per heavy atom. The average molecular weight is 399 g/mol. The minimum absolute atomic E-state index is 0.179. The van der Waals surface area contributed by atoms with Crippen LogP contribution in [0.5, 0.6) is 0 Å². The van der Waals surface area contributed by atoms with E-state index in [1.54, 1.807) is 24.3 Å². The maximum absolute atomic E-state index is 12.7. The Hall–Kier alpha value is -2.76. The largest absolute Gasteiger partial charge is 0.323 e. The smallest absolute Gasteiger partial charge is 0.258 e. The highest BCUT2D eigenvalue weighted by molar-refractivity contribution is 6.39. The number of halogens is 2. The van der Waals surface area contributed by atoms with Crippen LogP contribution in [0, 0.1) is 6.92 Å². The molecule has 4 rings (SSSR count). The molecule has 0 fully saturated rings. The Morgan fingerprint density at radius 2 is 1.93 bits per heavy atom. The van der Waals surface area contributed by atoms with Crippen LogP contribution in [0.15, 0.2) is 41.7 Å². The van der Waals surface area contributed by atoms with Gasteiger partial charge in [0.1, 0.15) is 0 Å². The minimum Gasteiger partial charge on any atom is -0.323 e. The van der Waals surface area contributed by atoms with Crippen LogP contribution < -0.4 is 10.9 Å². The Bertz CT molecular complexity index is 1270. The topological polar surface area (TPSA) is 62.7 Å². The second-order valence-corrected chi connectivity index (χ2v) is 7.08. The van der Waals surface area contributed by atoms with E-state index in [9.17, 15) is 4.79 Å². The summed E-state index contributed by atoms with van der Waals surface area (Å²) >= 11 is 12.5. The van der Waals surface area contributed by atoms with Gasteiger partial charge in [0.15, 0.2) is 0 Å². The van der Waals surface area contributed by atoms with Crippen molar-refractivity contribution in [1.82, 2.24) is 14.5 Å². The third kappa shape index (κ3) is 2.71. The SMILES string of the molecule is C=Cc1[nH]c(=O)c2c(ccc3nc(Nc4c(Cl)cccc4Cl)n(C)c32)c1C. The van der Waals surface area contributed by atoms with Gasteiger partial charge in [-0.05, 0) is 42.1 Å². The molecule has 7 heteroatoms. The number of H-pyrrole nitrogens is 1. The standard InChI is InChI=1S/C20H16Cl2N4O/c1-4-14-10(2)11-8-9-15-18(16(11)19(27)23-14)26(3)20(24-15)25-17-12(21)6-5-7-13(17)22/h4-9H,1H2,2-3H3,(H,23,27)(H,24,25). The molecular weight excluding hydrogens is 383 g/mol. The number of aryl methyl sites for hydroxylation is 2. The lowest BCUT2D eigenvalue weighted by molar-refractivity contribution is 0.960. The van der Waals surface area contributed by atoms with Crippen molar-refractivity contribution < 1.29 is 0 Å². The number of rotatable bonds is 3. The van der Waals surface area contributed by atoms with E-state index in [4.69, 9.17) is 23.2 Å². The van der Waals surface area contributed by atoms with Gasteiger partial charge in [0.2, 0.25) is 5.95 Å². The zero-order chi connectivity index (χ0) is 19.3. The normalized spacial score (nSPS) is 11.3. The molecule has 0 aliphatic heterocycles. The number of para-hydroxylation sites is 1. The maximum atomic E-state index is 12.7. The highest BCUT2D eigenvalue weighted by atomic mass is 35.5. The number of pyridine rings is 1. The molecule has 0 bridgehead atoms. The molecule has 4 aromatic rings. The Balaban J connectivity index is 2.00. The molecule has 2 aromatic heterocycles. The summed E-state index contributed by atoms with van der Waals surface area (Å²) in [5.74, 6) is 0.539. The summed E-state index contributed by atoms with van der Waals surface area (Å²) in [5, 5.41) is 5.61. The Morgan fingerprint density at radius 3 is 2.59 bits per heavy atom. The first kappa shape index (κ1) is 17.6. The van der Waals surface area contributed by atoms with Crippen LogP contribution in [-0.4, -0.2) is 14.5 Å². The number of nitrogens with one attached hydrogen (secondary N) is 2. The third-order valence-electron chi connectivity index (χ3n) is 4.72. The van der Waals surface area contributed by atoms with E-state index >= 15 is 0 Å². The van der Waals surface area contributed by atoms with Crippen molar-refractivity contribution >= 4 is 62.7 Å². The molecule has 0 aliphatic carbocycles. The van der Waals surface area contributed by atoms with Gasteiger partial charge in [0.05, 0.1) is 32.2 Å². The van der Waals surface area contributed by atoms with Gasteiger partial charge in [-0.2, -0.15) is 0 Å². The number of hydrogen-bond acceptors (Lipinski definition) is 3. The minimum atomic E-state index is -0.179. The number of aromatic nitrogens is 3. The summed E-state index contributed by atoms with van der Waals surface area (Å²) in [5.41, 5.74) is 3.51. The van der Waals surface area contributed by atoms with Crippen LogP contribution in [0.2, 0.25) is 10.0 Å². The number of anilines is 2. The predicted octanol–water partition coefficient (Wildman–Crippen LogP) is 5.42. The van der Waals surface area contributed by atoms with Crippen molar-refractivity contribution in [3.63, 3.8) is 0 Å². The maximum Gasteiger partial charge on any atom is 0.258 e. The highest BCUT2D eigenvalue weighted by Gasteiger charge is 2.17. The molecule has 0 saturated heterocycles. The summed E-state index contributed by atoms with van der Waals surface area (Å²) in [7, 11) is 1.85. The number of imidazole rings is 1. The average Bonchev–Trinajstić information content (AvgIpc) is 2.96. The van der Waals surface area contributed by atoms with Gasteiger partial charge in [-0.25, -0.2) is 4.98 Å². The van der Waals surface area contributed by atoms with E-state index in [0.29, 0.717) is 32.6 Å². The lowest BCUT2D eigenvalue weighted by Crippen LogP contribution is -2.11. The monoisotopic (exact) mass is 398 g/mol. The van der Waals surface area contributed by atoms with Gasteiger partial charge >= 0.3 is 0 Å². The molecule has 5 nitrogen and oxygen atoms in total. The van der Waals surface area contributed by atoms with E-state index in [0.717, 1.165) is 22.2 Å². The lowest BCUT2D eigenvalue weighted by atomic mass is 10.0. The summed E-state index contributed by atoms with van der Waals surface area (Å²) < 4.78 is 1.83. The van der Waals surface area contributed by atoms with Crippen molar-refractivity contribution in [3.05, 3.63) is 68.6 Å².